The summed E-state index contributed by atoms with van der Waals surface area (Å²) in [5, 5.41) is 0. The predicted octanol–water partition coefficient (Wildman–Crippen LogP) is 8.99. The van der Waals surface area contributed by atoms with Crippen molar-refractivity contribution in [1.82, 2.24) is 14.9 Å². The second-order valence-electron chi connectivity index (χ2n) is 12.5. The minimum Gasteiger partial charge on any atom is -0.364 e. The Labute approximate surface area is 265 Å². The zero-order valence-electron chi connectivity index (χ0n) is 26.5. The first-order valence-electron chi connectivity index (χ1n) is 15.7. The fourth-order valence-electron chi connectivity index (χ4n) is 6.41. The van der Waals surface area contributed by atoms with Gasteiger partial charge in [0.15, 0.2) is 11.6 Å². The van der Waals surface area contributed by atoms with Gasteiger partial charge in [0.25, 0.3) is 0 Å². The van der Waals surface area contributed by atoms with Gasteiger partial charge in [-0.25, -0.2) is 8.78 Å². The Kier molecular flexibility index (Phi) is 9.04. The van der Waals surface area contributed by atoms with Crippen LogP contribution in [0.4, 0.5) is 14.5 Å². The van der Waals surface area contributed by atoms with E-state index in [0.717, 1.165) is 60.4 Å². The van der Waals surface area contributed by atoms with Crippen molar-refractivity contribution >= 4 is 5.69 Å². The molecule has 0 atom stereocenters. The molecule has 1 aliphatic rings. The summed E-state index contributed by atoms with van der Waals surface area (Å²) in [4.78, 5) is 13.9. The highest BCUT2D eigenvalue weighted by Crippen LogP contribution is 2.30. The van der Waals surface area contributed by atoms with Gasteiger partial charge in [-0.15, -0.1) is 0 Å². The topological polar surface area (TPSA) is 32.3 Å². The average Bonchev–Trinajstić information content (AvgIpc) is 3.04. The van der Waals surface area contributed by atoms with Crippen LogP contribution in [0, 0.1) is 39.3 Å². The van der Waals surface area contributed by atoms with Crippen LogP contribution in [0.1, 0.15) is 46.2 Å². The van der Waals surface area contributed by atoms with Crippen LogP contribution in [0.15, 0.2) is 91.4 Å². The fraction of sp³-hybridized carbons (Fsp3) is 0.282. The number of hydrogen-bond donors (Lipinski definition) is 0. The molecular weight excluding hydrogens is 562 g/mol. The highest BCUT2D eigenvalue weighted by Gasteiger charge is 2.26. The summed E-state index contributed by atoms with van der Waals surface area (Å²) in [6, 6.07) is 23.7. The van der Waals surface area contributed by atoms with Gasteiger partial charge in [-0.3, -0.25) is 14.9 Å². The molecule has 230 valence electrons. The third-order valence-electron chi connectivity index (χ3n) is 9.19. The van der Waals surface area contributed by atoms with E-state index >= 15 is 0 Å². The number of hydrogen-bond acceptors (Lipinski definition) is 4. The molecule has 1 aliphatic heterocycles. The van der Waals surface area contributed by atoms with Gasteiger partial charge in [-0.2, -0.15) is 0 Å². The Morgan fingerprint density at radius 1 is 0.756 bits per heavy atom. The van der Waals surface area contributed by atoms with Gasteiger partial charge >= 0.3 is 0 Å². The van der Waals surface area contributed by atoms with Crippen LogP contribution >= 0.6 is 0 Å². The Hall–Kier alpha value is -4.42. The number of aryl methyl sites for hydroxylation is 3. The Morgan fingerprint density at radius 3 is 2.27 bits per heavy atom. The minimum atomic E-state index is -0.829. The quantitative estimate of drug-likeness (QED) is 0.177. The van der Waals surface area contributed by atoms with Gasteiger partial charge in [0.2, 0.25) is 0 Å². The van der Waals surface area contributed by atoms with Gasteiger partial charge in [0.1, 0.15) is 0 Å². The Bertz CT molecular complexity index is 1790. The summed E-state index contributed by atoms with van der Waals surface area (Å²) in [6.07, 6.45) is 7.51. The molecule has 5 aromatic rings. The van der Waals surface area contributed by atoms with E-state index < -0.39 is 11.6 Å². The van der Waals surface area contributed by atoms with Crippen molar-refractivity contribution in [3.8, 4) is 22.4 Å². The summed E-state index contributed by atoms with van der Waals surface area (Å²) < 4.78 is 28.5. The number of piperidine rings is 1. The molecule has 0 bridgehead atoms. The smallest absolute Gasteiger partial charge is 0.160 e. The molecule has 1 saturated heterocycles. The van der Waals surface area contributed by atoms with Gasteiger partial charge in [-0.1, -0.05) is 35.9 Å². The maximum atomic E-state index is 14.5. The number of anilines is 1. The summed E-state index contributed by atoms with van der Waals surface area (Å²) >= 11 is 0. The predicted molar refractivity (Wildman–Crippen MR) is 179 cm³/mol. The van der Waals surface area contributed by atoms with E-state index in [1.54, 1.807) is 6.07 Å². The van der Waals surface area contributed by atoms with Crippen LogP contribution in [0.5, 0.6) is 0 Å². The van der Waals surface area contributed by atoms with Crippen molar-refractivity contribution in [2.24, 2.45) is 0 Å². The first-order chi connectivity index (χ1) is 21.7. The van der Waals surface area contributed by atoms with Crippen molar-refractivity contribution < 1.29 is 8.78 Å². The van der Waals surface area contributed by atoms with Crippen molar-refractivity contribution in [3.05, 3.63) is 136 Å². The molecule has 0 saturated carbocycles. The second-order valence-corrected chi connectivity index (χ2v) is 12.5. The van der Waals surface area contributed by atoms with Gasteiger partial charge < -0.3 is 4.90 Å². The SMILES string of the molecule is Cc1cccc(-c2cc(CN3CCC(N(Cc4cncc(-c5cc(C)c(C)c(C)c5)c4)c4ccc(F)c(F)c4)CC3)ccn2)c1. The maximum Gasteiger partial charge on any atom is 0.160 e. The highest BCUT2D eigenvalue weighted by molar-refractivity contribution is 5.66. The van der Waals surface area contributed by atoms with E-state index in [1.165, 1.54) is 39.9 Å². The number of benzene rings is 3. The summed E-state index contributed by atoms with van der Waals surface area (Å²) in [5.41, 5.74) is 12.3. The highest BCUT2D eigenvalue weighted by atomic mass is 19.2. The lowest BCUT2D eigenvalue weighted by Gasteiger charge is -2.40. The summed E-state index contributed by atoms with van der Waals surface area (Å²) in [7, 11) is 0. The lowest BCUT2D eigenvalue weighted by atomic mass is 9.96. The van der Waals surface area contributed by atoms with Crippen LogP contribution in [-0.2, 0) is 13.1 Å². The molecule has 1 fully saturated rings. The van der Waals surface area contributed by atoms with Gasteiger partial charge in [0, 0.05) is 73.7 Å². The normalized spacial score (nSPS) is 14.1. The van der Waals surface area contributed by atoms with E-state index in [9.17, 15) is 8.78 Å². The summed E-state index contributed by atoms with van der Waals surface area (Å²) in [6.45, 7) is 11.7. The molecule has 6 rings (SSSR count). The van der Waals surface area contributed by atoms with Crippen molar-refractivity contribution in [2.75, 3.05) is 18.0 Å². The van der Waals surface area contributed by atoms with Crippen molar-refractivity contribution in [3.63, 3.8) is 0 Å². The molecule has 0 aliphatic carbocycles. The third-order valence-corrected chi connectivity index (χ3v) is 9.19. The second kappa shape index (κ2) is 13.3. The van der Waals surface area contributed by atoms with Crippen LogP contribution in [-0.4, -0.2) is 34.0 Å². The first-order valence-corrected chi connectivity index (χ1v) is 15.7. The average molecular weight is 603 g/mol. The summed E-state index contributed by atoms with van der Waals surface area (Å²) in [5.74, 6) is -1.65. The lowest BCUT2D eigenvalue weighted by Crippen LogP contribution is -2.44. The molecule has 0 unspecified atom stereocenters. The number of rotatable bonds is 8. The molecule has 4 nitrogen and oxygen atoms in total. The molecule has 0 N–H and O–H groups in total. The van der Waals surface area contributed by atoms with Gasteiger partial charge in [0.05, 0.1) is 5.69 Å². The van der Waals surface area contributed by atoms with E-state index in [0.29, 0.717) is 12.2 Å². The minimum absolute atomic E-state index is 0.180. The van der Waals surface area contributed by atoms with Crippen LogP contribution < -0.4 is 4.90 Å². The molecule has 0 spiro atoms. The fourth-order valence-corrected chi connectivity index (χ4v) is 6.41. The third kappa shape index (κ3) is 7.12. The van der Waals surface area contributed by atoms with Crippen LogP contribution in [0.3, 0.4) is 0 Å². The molecule has 0 amide bonds. The molecule has 3 aromatic carbocycles. The van der Waals surface area contributed by atoms with E-state index in [4.69, 9.17) is 0 Å². The Balaban J connectivity index is 1.19. The largest absolute Gasteiger partial charge is 0.364 e. The molecular formula is C39H40F2N4. The maximum absolute atomic E-state index is 14.5. The number of likely N-dealkylation sites (tertiary alicyclic amines) is 1. The van der Waals surface area contributed by atoms with Crippen LogP contribution in [0.2, 0.25) is 0 Å². The van der Waals surface area contributed by atoms with Gasteiger partial charge in [-0.05, 0) is 110 Å². The van der Waals surface area contributed by atoms with E-state index in [1.807, 2.05) is 18.6 Å². The molecule has 3 heterocycles. The Morgan fingerprint density at radius 2 is 1.53 bits per heavy atom. The molecule has 6 heteroatoms. The molecule has 45 heavy (non-hydrogen) atoms. The lowest BCUT2D eigenvalue weighted by molar-refractivity contribution is 0.201. The molecule has 2 aromatic heterocycles. The number of pyridine rings is 2. The van der Waals surface area contributed by atoms with Crippen LogP contribution in [0.25, 0.3) is 22.4 Å². The molecule has 0 radical (unpaired) electrons. The zero-order chi connectivity index (χ0) is 31.5. The zero-order valence-corrected chi connectivity index (χ0v) is 26.5. The van der Waals surface area contributed by atoms with E-state index in [-0.39, 0.29) is 6.04 Å². The monoisotopic (exact) mass is 602 g/mol. The number of aromatic nitrogens is 2. The standard InChI is InChI=1S/C39H40F2N4/c1-26-6-5-7-32(16-26)39-20-30(10-13-43-39)24-44-14-11-35(12-15-44)45(36-8-9-37(40)38(41)21-36)25-31-19-34(23-42-22-31)33-17-27(2)29(4)28(3)18-33/h5-10,13,16-23,35H,11-12,14-15,24-25H2,1-4H3. The first kappa shape index (κ1) is 30.6. The number of halogens is 2. The number of nitrogens with zero attached hydrogens (tertiary/aromatic N) is 4. The van der Waals surface area contributed by atoms with Crippen molar-refractivity contribution in [2.45, 2.75) is 59.7 Å². The van der Waals surface area contributed by atoms with E-state index in [2.05, 4.69) is 102 Å². The van der Waals surface area contributed by atoms with Crippen molar-refractivity contribution in [1.29, 1.82) is 0 Å².